The van der Waals surface area contributed by atoms with Crippen LogP contribution >= 0.6 is 24.2 Å². The highest BCUT2D eigenvalue weighted by Gasteiger charge is 2.29. The maximum atomic E-state index is 12.3. The monoisotopic (exact) mass is 280 g/mol. The summed E-state index contributed by atoms with van der Waals surface area (Å²) in [6.45, 7) is 7.98. The second-order valence-corrected chi connectivity index (χ2v) is 6.23. The van der Waals surface area contributed by atoms with Crippen molar-refractivity contribution in [1.82, 2.24) is 4.90 Å². The Morgan fingerprint density at radius 2 is 2.18 bits per heavy atom. The standard InChI is InChI=1S/C12H24N2OS.ClH/c1-4-16-11(9(2)3)12(15)14-7-5-6-10(13)8-14;/h9-11H,4-8,13H2,1-3H3;1H. The average molecular weight is 281 g/mol. The van der Waals surface area contributed by atoms with Gasteiger partial charge in [0.15, 0.2) is 0 Å². The van der Waals surface area contributed by atoms with Gasteiger partial charge in [-0.3, -0.25) is 4.79 Å². The lowest BCUT2D eigenvalue weighted by atomic mass is 10.0. The fraction of sp³-hybridized carbons (Fsp3) is 0.917. The van der Waals surface area contributed by atoms with Crippen LogP contribution in [0.5, 0.6) is 0 Å². The SMILES string of the molecule is CCSC(C(=O)N1CCCC(N)C1)C(C)C.Cl. The van der Waals surface area contributed by atoms with Crippen LogP contribution in [-0.2, 0) is 4.79 Å². The number of carbonyl (C=O) groups excluding carboxylic acids is 1. The van der Waals surface area contributed by atoms with Crippen molar-refractivity contribution in [3.63, 3.8) is 0 Å². The van der Waals surface area contributed by atoms with Crippen LogP contribution in [0.15, 0.2) is 0 Å². The molecule has 5 heteroatoms. The van der Waals surface area contributed by atoms with Gasteiger partial charge in [-0.1, -0.05) is 20.8 Å². The van der Waals surface area contributed by atoms with Gasteiger partial charge in [0.1, 0.15) is 0 Å². The van der Waals surface area contributed by atoms with E-state index in [9.17, 15) is 4.79 Å². The van der Waals surface area contributed by atoms with E-state index in [0.29, 0.717) is 5.92 Å². The molecule has 0 aliphatic carbocycles. The van der Waals surface area contributed by atoms with Crippen LogP contribution in [0.1, 0.15) is 33.6 Å². The van der Waals surface area contributed by atoms with E-state index in [-0.39, 0.29) is 29.6 Å². The van der Waals surface area contributed by atoms with E-state index in [2.05, 4.69) is 20.8 Å². The zero-order chi connectivity index (χ0) is 12.1. The summed E-state index contributed by atoms with van der Waals surface area (Å²) in [5, 5.41) is 0.107. The lowest BCUT2D eigenvalue weighted by molar-refractivity contribution is -0.132. The van der Waals surface area contributed by atoms with Crippen LogP contribution in [0, 0.1) is 5.92 Å². The lowest BCUT2D eigenvalue weighted by Crippen LogP contribution is -2.49. The maximum absolute atomic E-state index is 12.3. The molecule has 3 nitrogen and oxygen atoms in total. The number of amides is 1. The first-order chi connectivity index (χ1) is 7.56. The third-order valence-electron chi connectivity index (χ3n) is 2.96. The molecule has 1 saturated heterocycles. The van der Waals surface area contributed by atoms with Crippen LogP contribution in [0.2, 0.25) is 0 Å². The largest absolute Gasteiger partial charge is 0.340 e. The molecular formula is C12H25ClN2OS. The zero-order valence-corrected chi connectivity index (χ0v) is 12.6. The van der Waals surface area contributed by atoms with Crippen LogP contribution in [0.25, 0.3) is 0 Å². The molecule has 1 aliphatic heterocycles. The number of halogens is 1. The molecule has 1 aliphatic rings. The Bertz CT molecular complexity index is 239. The van der Waals surface area contributed by atoms with Crippen molar-refractivity contribution >= 4 is 30.1 Å². The summed E-state index contributed by atoms with van der Waals surface area (Å²) >= 11 is 1.76. The highest BCUT2D eigenvalue weighted by atomic mass is 35.5. The Hall–Kier alpha value is 0.0700. The van der Waals surface area contributed by atoms with E-state index in [1.807, 2.05) is 4.90 Å². The molecule has 102 valence electrons. The second kappa shape index (κ2) is 8.22. The molecule has 1 fully saturated rings. The van der Waals surface area contributed by atoms with Gasteiger partial charge < -0.3 is 10.6 Å². The summed E-state index contributed by atoms with van der Waals surface area (Å²) in [4.78, 5) is 14.3. The molecule has 0 aromatic heterocycles. The van der Waals surface area contributed by atoms with E-state index >= 15 is 0 Å². The molecule has 1 amide bonds. The van der Waals surface area contributed by atoms with Crippen molar-refractivity contribution in [2.75, 3.05) is 18.8 Å². The first-order valence-corrected chi connectivity index (χ1v) is 7.27. The molecule has 2 atom stereocenters. The highest BCUT2D eigenvalue weighted by Crippen LogP contribution is 2.23. The Morgan fingerprint density at radius 3 is 2.65 bits per heavy atom. The predicted molar refractivity (Wildman–Crippen MR) is 77.8 cm³/mol. The molecular weight excluding hydrogens is 256 g/mol. The van der Waals surface area contributed by atoms with Crippen LogP contribution in [-0.4, -0.2) is 40.9 Å². The number of likely N-dealkylation sites (tertiary alicyclic amines) is 1. The normalized spacial score (nSPS) is 22.2. The smallest absolute Gasteiger partial charge is 0.236 e. The second-order valence-electron chi connectivity index (χ2n) is 4.81. The number of nitrogens with zero attached hydrogens (tertiary/aromatic N) is 1. The summed E-state index contributed by atoms with van der Waals surface area (Å²) in [7, 11) is 0. The molecule has 0 spiro atoms. The Balaban J connectivity index is 0.00000256. The maximum Gasteiger partial charge on any atom is 0.236 e. The van der Waals surface area contributed by atoms with Crippen LogP contribution in [0.3, 0.4) is 0 Å². The average Bonchev–Trinajstić information content (AvgIpc) is 2.24. The highest BCUT2D eigenvalue weighted by molar-refractivity contribution is 8.00. The minimum atomic E-state index is 0. The fourth-order valence-electron chi connectivity index (χ4n) is 2.12. The Morgan fingerprint density at radius 1 is 1.53 bits per heavy atom. The van der Waals surface area contributed by atoms with Gasteiger partial charge in [0.25, 0.3) is 0 Å². The summed E-state index contributed by atoms with van der Waals surface area (Å²) in [5.74, 6) is 1.68. The van der Waals surface area contributed by atoms with E-state index in [4.69, 9.17) is 5.73 Å². The number of hydrogen-bond acceptors (Lipinski definition) is 3. The predicted octanol–water partition coefficient (Wildman–Crippen LogP) is 2.14. The van der Waals surface area contributed by atoms with Crippen molar-refractivity contribution in [3.8, 4) is 0 Å². The fourth-order valence-corrected chi connectivity index (χ4v) is 3.15. The van der Waals surface area contributed by atoms with E-state index in [0.717, 1.165) is 31.7 Å². The number of hydrogen-bond donors (Lipinski definition) is 1. The minimum absolute atomic E-state index is 0. The molecule has 0 bridgehead atoms. The quantitative estimate of drug-likeness (QED) is 0.858. The molecule has 0 radical (unpaired) electrons. The third kappa shape index (κ3) is 5.06. The minimum Gasteiger partial charge on any atom is -0.340 e. The van der Waals surface area contributed by atoms with Crippen molar-refractivity contribution in [2.24, 2.45) is 11.7 Å². The van der Waals surface area contributed by atoms with Gasteiger partial charge in [0, 0.05) is 19.1 Å². The van der Waals surface area contributed by atoms with Gasteiger partial charge in [-0.05, 0) is 24.5 Å². The van der Waals surface area contributed by atoms with Crippen molar-refractivity contribution in [3.05, 3.63) is 0 Å². The van der Waals surface area contributed by atoms with E-state index < -0.39 is 0 Å². The first kappa shape index (κ1) is 17.1. The Labute approximate surface area is 115 Å². The third-order valence-corrected chi connectivity index (χ3v) is 4.40. The topological polar surface area (TPSA) is 46.3 Å². The number of carbonyl (C=O) groups is 1. The summed E-state index contributed by atoms with van der Waals surface area (Å²) < 4.78 is 0. The van der Waals surface area contributed by atoms with Crippen molar-refractivity contribution in [2.45, 2.75) is 44.9 Å². The molecule has 0 saturated carbocycles. The van der Waals surface area contributed by atoms with Crippen molar-refractivity contribution < 1.29 is 4.79 Å². The lowest BCUT2D eigenvalue weighted by Gasteiger charge is -2.34. The molecule has 2 unspecified atom stereocenters. The number of nitrogens with two attached hydrogens (primary N) is 1. The van der Waals surface area contributed by atoms with Gasteiger partial charge >= 0.3 is 0 Å². The van der Waals surface area contributed by atoms with E-state index in [1.165, 1.54) is 0 Å². The van der Waals surface area contributed by atoms with E-state index in [1.54, 1.807) is 11.8 Å². The van der Waals surface area contributed by atoms with Gasteiger partial charge in [-0.2, -0.15) is 0 Å². The van der Waals surface area contributed by atoms with Gasteiger partial charge in [-0.25, -0.2) is 0 Å². The van der Waals surface area contributed by atoms with Gasteiger partial charge in [-0.15, -0.1) is 24.2 Å². The molecule has 17 heavy (non-hydrogen) atoms. The summed E-state index contributed by atoms with van der Waals surface area (Å²) in [5.41, 5.74) is 5.91. The van der Waals surface area contributed by atoms with Crippen LogP contribution in [0.4, 0.5) is 0 Å². The summed E-state index contributed by atoms with van der Waals surface area (Å²) in [6, 6.07) is 0.178. The first-order valence-electron chi connectivity index (χ1n) is 6.22. The number of thioether (sulfide) groups is 1. The summed E-state index contributed by atoms with van der Waals surface area (Å²) in [6.07, 6.45) is 2.10. The molecule has 0 aromatic carbocycles. The molecule has 0 aromatic rings. The molecule has 1 heterocycles. The van der Waals surface area contributed by atoms with Crippen LogP contribution < -0.4 is 5.73 Å². The zero-order valence-electron chi connectivity index (χ0n) is 11.0. The van der Waals surface area contributed by atoms with Gasteiger partial charge in [0.05, 0.1) is 5.25 Å². The molecule has 2 N–H and O–H groups in total. The number of rotatable bonds is 4. The molecule has 1 rings (SSSR count). The number of piperidine rings is 1. The van der Waals surface area contributed by atoms with Gasteiger partial charge in [0.2, 0.25) is 5.91 Å². The Kier molecular flexibility index (Phi) is 8.25. The van der Waals surface area contributed by atoms with Crippen molar-refractivity contribution in [1.29, 1.82) is 0 Å².